The molecule has 1 aliphatic rings. The van der Waals surface area contributed by atoms with Crippen LogP contribution in [0.5, 0.6) is 0 Å². The molecule has 1 amide bonds. The number of unbranched alkanes of at least 4 members (excludes halogenated alkanes) is 2. The van der Waals surface area contributed by atoms with E-state index in [0.29, 0.717) is 12.2 Å². The molecule has 1 aliphatic carbocycles. The van der Waals surface area contributed by atoms with E-state index in [0.717, 1.165) is 25.0 Å². The number of carbonyl (C=O) groups is 3. The molecule has 0 bridgehead atoms. The van der Waals surface area contributed by atoms with Crippen LogP contribution in [-0.4, -0.2) is 40.5 Å². The molecule has 0 aliphatic heterocycles. The van der Waals surface area contributed by atoms with Crippen molar-refractivity contribution in [3.63, 3.8) is 0 Å². The molecule has 0 saturated heterocycles. The fourth-order valence-corrected chi connectivity index (χ4v) is 3.17. The molecule has 144 valence electrons. The van der Waals surface area contributed by atoms with Crippen LogP contribution in [0.4, 0.5) is 0 Å². The van der Waals surface area contributed by atoms with Crippen molar-refractivity contribution in [3.8, 4) is 0 Å². The van der Waals surface area contributed by atoms with Crippen molar-refractivity contribution in [1.29, 1.82) is 0 Å². The van der Waals surface area contributed by atoms with Gasteiger partial charge in [-0.15, -0.1) is 0 Å². The fraction of sp³-hybridized carbons (Fsp3) is 0.688. The Labute approximate surface area is 152 Å². The normalized spacial score (nSPS) is 19.5. The molecular weight excluding hydrogens is 346 g/mol. The summed E-state index contributed by atoms with van der Waals surface area (Å²) in [6, 6.07) is -0.860. The highest BCUT2D eigenvalue weighted by Gasteiger charge is 2.50. The van der Waals surface area contributed by atoms with Gasteiger partial charge in [0.2, 0.25) is 5.91 Å². The van der Waals surface area contributed by atoms with Gasteiger partial charge in [0.25, 0.3) is 0 Å². The predicted molar refractivity (Wildman–Crippen MR) is 95.9 cm³/mol. The van der Waals surface area contributed by atoms with Gasteiger partial charge >= 0.3 is 5.97 Å². The van der Waals surface area contributed by atoms with E-state index in [9.17, 15) is 19.5 Å². The second-order valence-electron chi connectivity index (χ2n) is 6.66. The molecule has 0 aromatic heterocycles. The zero-order valence-electron chi connectivity index (χ0n) is 15.0. The third-order valence-corrected chi connectivity index (χ3v) is 5.19. The monoisotopic (exact) mass is 375 g/mol. The molecular formula is C16H29N3O5S. The first kappa shape index (κ1) is 23.4. The lowest BCUT2D eigenvalue weighted by Gasteiger charge is -2.12. The Kier molecular flexibility index (Phi) is 9.76. The number of amides is 1. The second kappa shape index (κ2) is 10.4. The van der Waals surface area contributed by atoms with E-state index in [-0.39, 0.29) is 29.1 Å². The number of rotatable bonds is 11. The van der Waals surface area contributed by atoms with Crippen LogP contribution in [0.15, 0.2) is 11.8 Å². The van der Waals surface area contributed by atoms with Gasteiger partial charge in [-0.1, -0.05) is 19.9 Å². The number of carbonyl (C=O) groups excluding carboxylic acids is 2. The third-order valence-electron chi connectivity index (χ3n) is 4.01. The Morgan fingerprint density at radius 3 is 2.48 bits per heavy atom. The number of carboxylic acid groups (broad SMARTS) is 2. The lowest BCUT2D eigenvalue weighted by molar-refractivity contribution is -0.299. The summed E-state index contributed by atoms with van der Waals surface area (Å²) in [5.41, 5.74) is 5.15. The first-order chi connectivity index (χ1) is 11.1. The minimum Gasteiger partial charge on any atom is -0.543 e. The largest absolute Gasteiger partial charge is 0.543 e. The maximum absolute atomic E-state index is 11.9. The van der Waals surface area contributed by atoms with Crippen LogP contribution in [0.25, 0.3) is 0 Å². The first-order valence-electron chi connectivity index (χ1n) is 7.93. The molecule has 0 aromatic rings. The molecule has 8 N–H and O–H groups in total. The van der Waals surface area contributed by atoms with Crippen molar-refractivity contribution >= 4 is 29.6 Å². The number of hydrogen-bond donors (Lipinski definition) is 4. The Balaban J connectivity index is 0.00000576. The molecule has 2 unspecified atom stereocenters. The number of thioether (sulfide) groups is 1. The highest BCUT2D eigenvalue weighted by atomic mass is 32.2. The molecule has 2 atom stereocenters. The van der Waals surface area contributed by atoms with Crippen molar-refractivity contribution < 1.29 is 24.6 Å². The average Bonchev–Trinajstić information content (AvgIpc) is 3.13. The van der Waals surface area contributed by atoms with Gasteiger partial charge in [0.05, 0.1) is 11.7 Å². The molecule has 0 radical (unpaired) electrons. The standard InChI is InChI=1S/C16H26N2O5S.H3N/c1-16(2)8-10(16)13(19)18-12(15(22)23)6-4-3-5-7-24-9-11(17)14(20)21;/h6,10-11H,3-5,7-9,17H2,1-2H3,(H,18,19)(H,20,21)(H,22,23);1H3. The van der Waals surface area contributed by atoms with Crippen LogP contribution in [0.2, 0.25) is 0 Å². The summed E-state index contributed by atoms with van der Waals surface area (Å²) in [7, 11) is 0. The topological polar surface area (TPSA) is 169 Å². The predicted octanol–water partition coefficient (Wildman–Crippen LogP) is 0.474. The third kappa shape index (κ3) is 8.37. The molecule has 1 saturated carbocycles. The van der Waals surface area contributed by atoms with E-state index in [2.05, 4.69) is 5.32 Å². The summed E-state index contributed by atoms with van der Waals surface area (Å²) in [5, 5.41) is 22.2. The molecule has 8 nitrogen and oxygen atoms in total. The molecule has 1 fully saturated rings. The Morgan fingerprint density at radius 2 is 2.00 bits per heavy atom. The number of carboxylic acids is 2. The van der Waals surface area contributed by atoms with Crippen molar-refractivity contribution in [2.24, 2.45) is 17.1 Å². The van der Waals surface area contributed by atoms with E-state index >= 15 is 0 Å². The number of aliphatic carboxylic acids is 2. The zero-order chi connectivity index (χ0) is 18.3. The van der Waals surface area contributed by atoms with Crippen LogP contribution in [0.3, 0.4) is 0 Å². The molecule has 0 spiro atoms. The Hall–Kier alpha value is -1.58. The summed E-state index contributed by atoms with van der Waals surface area (Å²) in [5.74, 6) is -1.72. The summed E-state index contributed by atoms with van der Waals surface area (Å²) < 4.78 is 0. The minimum atomic E-state index is -1.39. The van der Waals surface area contributed by atoms with Crippen molar-refractivity contribution in [2.45, 2.75) is 45.6 Å². The van der Waals surface area contributed by atoms with Crippen LogP contribution in [0, 0.1) is 11.3 Å². The smallest absolute Gasteiger partial charge is 0.321 e. The van der Waals surface area contributed by atoms with Crippen molar-refractivity contribution in [1.82, 2.24) is 11.5 Å². The van der Waals surface area contributed by atoms with Crippen LogP contribution in [-0.2, 0) is 14.4 Å². The fourth-order valence-electron chi connectivity index (χ4n) is 2.20. The molecule has 9 heteroatoms. The minimum absolute atomic E-state index is 0. The number of nitrogens with one attached hydrogen (secondary N) is 1. The Bertz CT molecular complexity index is 522. The molecule has 1 rings (SSSR count). The van der Waals surface area contributed by atoms with E-state index in [1.165, 1.54) is 17.8 Å². The van der Waals surface area contributed by atoms with Crippen LogP contribution >= 0.6 is 11.8 Å². The quantitative estimate of drug-likeness (QED) is 0.300. The van der Waals surface area contributed by atoms with Gasteiger partial charge in [-0.3, -0.25) is 9.59 Å². The van der Waals surface area contributed by atoms with Gasteiger partial charge in [0, 0.05) is 11.7 Å². The summed E-state index contributed by atoms with van der Waals surface area (Å²) in [6.07, 6.45) is 4.27. The maximum atomic E-state index is 11.9. The SMILES string of the molecule is CC1(C)CC1C(=O)NC(=CCCCCSCC(N)C(=O)O)C(=O)[O-].[NH4+]. The highest BCUT2D eigenvalue weighted by Crippen LogP contribution is 2.51. The number of quaternary nitrogens is 1. The van der Waals surface area contributed by atoms with E-state index in [1.807, 2.05) is 13.8 Å². The van der Waals surface area contributed by atoms with E-state index in [4.69, 9.17) is 10.8 Å². The number of hydrogen-bond acceptors (Lipinski definition) is 6. The van der Waals surface area contributed by atoms with Gasteiger partial charge in [-0.2, -0.15) is 11.8 Å². The molecule has 25 heavy (non-hydrogen) atoms. The van der Waals surface area contributed by atoms with E-state index in [1.54, 1.807) is 0 Å². The lowest BCUT2D eigenvalue weighted by Crippen LogP contribution is -2.36. The molecule has 0 aromatic carbocycles. The van der Waals surface area contributed by atoms with Crippen molar-refractivity contribution in [2.75, 3.05) is 11.5 Å². The molecule has 0 heterocycles. The summed E-state index contributed by atoms with van der Waals surface area (Å²) in [4.78, 5) is 33.5. The Morgan fingerprint density at radius 1 is 1.40 bits per heavy atom. The lowest BCUT2D eigenvalue weighted by atomic mass is 10.1. The number of allylic oxidation sites excluding steroid dienone is 1. The number of nitrogens with two attached hydrogens (primary N) is 1. The van der Waals surface area contributed by atoms with Gasteiger partial charge < -0.3 is 32.2 Å². The highest BCUT2D eigenvalue weighted by molar-refractivity contribution is 7.99. The van der Waals surface area contributed by atoms with Gasteiger partial charge in [-0.05, 0) is 36.9 Å². The summed E-state index contributed by atoms with van der Waals surface area (Å²) >= 11 is 1.45. The van der Waals surface area contributed by atoms with Crippen LogP contribution in [0.1, 0.15) is 39.5 Å². The summed E-state index contributed by atoms with van der Waals surface area (Å²) in [6.45, 7) is 3.93. The average molecular weight is 375 g/mol. The van der Waals surface area contributed by atoms with Crippen molar-refractivity contribution in [3.05, 3.63) is 11.8 Å². The zero-order valence-corrected chi connectivity index (χ0v) is 15.9. The van der Waals surface area contributed by atoms with Crippen LogP contribution < -0.4 is 22.3 Å². The van der Waals surface area contributed by atoms with Gasteiger partial charge in [0.15, 0.2) is 0 Å². The van der Waals surface area contributed by atoms with E-state index < -0.39 is 18.0 Å². The maximum Gasteiger partial charge on any atom is 0.321 e. The van der Waals surface area contributed by atoms with Gasteiger partial charge in [0.1, 0.15) is 6.04 Å². The van der Waals surface area contributed by atoms with Gasteiger partial charge in [-0.25, -0.2) is 0 Å². The second-order valence-corrected chi connectivity index (χ2v) is 7.81. The first-order valence-corrected chi connectivity index (χ1v) is 9.09.